The largest absolute Gasteiger partial charge is 0.496 e. The molecule has 0 aliphatic carbocycles. The summed E-state index contributed by atoms with van der Waals surface area (Å²) in [4.78, 5) is 0. The molecule has 0 saturated carbocycles. The molecule has 0 aromatic heterocycles. The minimum Gasteiger partial charge on any atom is -0.496 e. The van der Waals surface area contributed by atoms with Gasteiger partial charge in [-0.05, 0) is 43.5 Å². The maximum Gasteiger partial charge on any atom is 0.128 e. The average Bonchev–Trinajstić information content (AvgIpc) is 2.40. The lowest BCUT2D eigenvalue weighted by molar-refractivity contribution is 0.178. The van der Waals surface area contributed by atoms with Crippen LogP contribution >= 0.6 is 0 Å². The Labute approximate surface area is 109 Å². The maximum atomic E-state index is 5.50. The fraction of sp³-hybridized carbons (Fsp3) is 0.571. The maximum absolute atomic E-state index is 5.50. The van der Waals surface area contributed by atoms with Crippen molar-refractivity contribution in [3.63, 3.8) is 0 Å². The second-order valence-electron chi connectivity index (χ2n) is 4.16. The molecular weight excluding hydrogens is 230 g/mol. The molecule has 0 atom stereocenters. The van der Waals surface area contributed by atoms with Gasteiger partial charge in [0.05, 0.1) is 26.4 Å². The SMILES string of the molecule is COCc1c(OC)cc(CCCCN)cc1OC. The highest BCUT2D eigenvalue weighted by Gasteiger charge is 2.12. The normalized spacial score (nSPS) is 10.4. The molecule has 0 aliphatic heterocycles. The van der Waals surface area contributed by atoms with Gasteiger partial charge in [0.1, 0.15) is 11.5 Å². The van der Waals surface area contributed by atoms with Crippen molar-refractivity contribution >= 4 is 0 Å². The Hall–Kier alpha value is -1.26. The van der Waals surface area contributed by atoms with Crippen LogP contribution in [0.4, 0.5) is 0 Å². The molecule has 18 heavy (non-hydrogen) atoms. The summed E-state index contributed by atoms with van der Waals surface area (Å²) < 4.78 is 16.0. The number of methoxy groups -OCH3 is 3. The number of nitrogens with two attached hydrogens (primary N) is 1. The standard InChI is InChI=1S/C14H23NO3/c1-16-10-12-13(17-2)8-11(6-4-5-7-15)9-14(12)18-3/h8-9H,4-7,10,15H2,1-3H3. The van der Waals surface area contributed by atoms with E-state index in [1.165, 1.54) is 5.56 Å². The van der Waals surface area contributed by atoms with Gasteiger partial charge in [0.2, 0.25) is 0 Å². The molecule has 0 aliphatic rings. The van der Waals surface area contributed by atoms with Gasteiger partial charge < -0.3 is 19.9 Å². The zero-order chi connectivity index (χ0) is 13.4. The molecule has 1 aromatic carbocycles. The molecule has 0 amide bonds. The molecule has 4 nitrogen and oxygen atoms in total. The van der Waals surface area contributed by atoms with Crippen molar-refractivity contribution in [3.05, 3.63) is 23.3 Å². The van der Waals surface area contributed by atoms with Gasteiger partial charge in [-0.25, -0.2) is 0 Å². The highest BCUT2D eigenvalue weighted by atomic mass is 16.5. The van der Waals surface area contributed by atoms with Crippen LogP contribution in [0, 0.1) is 0 Å². The van der Waals surface area contributed by atoms with E-state index in [4.69, 9.17) is 19.9 Å². The second-order valence-corrected chi connectivity index (χ2v) is 4.16. The number of benzene rings is 1. The Morgan fingerprint density at radius 1 is 1.00 bits per heavy atom. The Morgan fingerprint density at radius 2 is 1.61 bits per heavy atom. The minimum absolute atomic E-state index is 0.482. The Balaban J connectivity index is 2.94. The molecule has 4 heteroatoms. The van der Waals surface area contributed by atoms with Crippen LogP contribution in [0.15, 0.2) is 12.1 Å². The number of hydrogen-bond acceptors (Lipinski definition) is 4. The summed E-state index contributed by atoms with van der Waals surface area (Å²) in [5, 5.41) is 0. The second kappa shape index (κ2) is 7.95. The molecule has 0 saturated heterocycles. The van der Waals surface area contributed by atoms with Gasteiger partial charge in [-0.2, -0.15) is 0 Å². The number of rotatable bonds is 8. The lowest BCUT2D eigenvalue weighted by Crippen LogP contribution is -2.02. The zero-order valence-electron chi connectivity index (χ0n) is 11.5. The van der Waals surface area contributed by atoms with E-state index in [2.05, 4.69) is 0 Å². The van der Waals surface area contributed by atoms with Crippen LogP contribution in [-0.4, -0.2) is 27.9 Å². The van der Waals surface area contributed by atoms with Gasteiger partial charge in [-0.3, -0.25) is 0 Å². The van der Waals surface area contributed by atoms with E-state index in [0.29, 0.717) is 6.61 Å². The highest BCUT2D eigenvalue weighted by Crippen LogP contribution is 2.31. The average molecular weight is 253 g/mol. The summed E-state index contributed by atoms with van der Waals surface area (Å²) in [7, 11) is 4.99. The lowest BCUT2D eigenvalue weighted by atomic mass is 10.0. The Morgan fingerprint density at radius 3 is 2.06 bits per heavy atom. The van der Waals surface area contributed by atoms with E-state index in [9.17, 15) is 0 Å². The van der Waals surface area contributed by atoms with E-state index in [1.807, 2.05) is 12.1 Å². The third-order valence-corrected chi connectivity index (χ3v) is 2.88. The Kier molecular flexibility index (Phi) is 6.54. The first-order valence-corrected chi connectivity index (χ1v) is 6.19. The van der Waals surface area contributed by atoms with Crippen molar-refractivity contribution in [2.24, 2.45) is 5.73 Å². The monoisotopic (exact) mass is 253 g/mol. The fourth-order valence-corrected chi connectivity index (χ4v) is 1.94. The van der Waals surface area contributed by atoms with E-state index in [-0.39, 0.29) is 0 Å². The molecule has 2 N–H and O–H groups in total. The first kappa shape index (κ1) is 14.8. The fourth-order valence-electron chi connectivity index (χ4n) is 1.94. The lowest BCUT2D eigenvalue weighted by Gasteiger charge is -2.15. The first-order chi connectivity index (χ1) is 8.76. The van der Waals surface area contributed by atoms with Crippen molar-refractivity contribution in [2.45, 2.75) is 25.9 Å². The predicted octanol–water partition coefficient (Wildman–Crippen LogP) is 2.13. The smallest absolute Gasteiger partial charge is 0.128 e. The van der Waals surface area contributed by atoms with Crippen LogP contribution in [0.1, 0.15) is 24.0 Å². The molecule has 1 aromatic rings. The summed E-state index contributed by atoms with van der Waals surface area (Å²) in [6, 6.07) is 4.10. The molecule has 1 rings (SSSR count). The van der Waals surface area contributed by atoms with Gasteiger partial charge in [-0.15, -0.1) is 0 Å². The minimum atomic E-state index is 0.482. The quantitative estimate of drug-likeness (QED) is 0.721. The summed E-state index contributed by atoms with van der Waals surface area (Å²) >= 11 is 0. The third kappa shape index (κ3) is 3.89. The van der Waals surface area contributed by atoms with Gasteiger partial charge in [0.15, 0.2) is 0 Å². The molecule has 102 valence electrons. The van der Waals surface area contributed by atoms with Gasteiger partial charge in [0.25, 0.3) is 0 Å². The van der Waals surface area contributed by atoms with Crippen LogP contribution in [-0.2, 0) is 17.8 Å². The molecule has 0 heterocycles. The number of ether oxygens (including phenoxy) is 3. The molecule has 0 fully saturated rings. The van der Waals surface area contributed by atoms with Crippen molar-refractivity contribution in [2.75, 3.05) is 27.9 Å². The van der Waals surface area contributed by atoms with E-state index < -0.39 is 0 Å². The number of unbranched alkanes of at least 4 members (excludes halogenated alkanes) is 1. The van der Waals surface area contributed by atoms with E-state index in [1.54, 1.807) is 21.3 Å². The third-order valence-electron chi connectivity index (χ3n) is 2.88. The topological polar surface area (TPSA) is 53.7 Å². The van der Waals surface area contributed by atoms with Crippen molar-refractivity contribution in [3.8, 4) is 11.5 Å². The molecule has 0 bridgehead atoms. The van der Waals surface area contributed by atoms with E-state index >= 15 is 0 Å². The summed E-state index contributed by atoms with van der Waals surface area (Å²) in [6.07, 6.45) is 3.09. The summed E-state index contributed by atoms with van der Waals surface area (Å²) in [6.45, 7) is 1.21. The van der Waals surface area contributed by atoms with Gasteiger partial charge >= 0.3 is 0 Å². The van der Waals surface area contributed by atoms with Crippen molar-refractivity contribution < 1.29 is 14.2 Å². The van der Waals surface area contributed by atoms with Crippen LogP contribution < -0.4 is 15.2 Å². The van der Waals surface area contributed by atoms with Crippen LogP contribution in [0.3, 0.4) is 0 Å². The number of hydrogen-bond donors (Lipinski definition) is 1. The predicted molar refractivity (Wildman–Crippen MR) is 72.3 cm³/mol. The van der Waals surface area contributed by atoms with Crippen molar-refractivity contribution in [1.29, 1.82) is 0 Å². The zero-order valence-corrected chi connectivity index (χ0v) is 11.5. The first-order valence-electron chi connectivity index (χ1n) is 6.19. The van der Waals surface area contributed by atoms with Crippen LogP contribution in [0.5, 0.6) is 11.5 Å². The summed E-state index contributed by atoms with van der Waals surface area (Å²) in [5.74, 6) is 1.64. The van der Waals surface area contributed by atoms with Gasteiger partial charge in [0, 0.05) is 7.11 Å². The van der Waals surface area contributed by atoms with Crippen LogP contribution in [0.2, 0.25) is 0 Å². The molecule has 0 radical (unpaired) electrons. The molecule has 0 spiro atoms. The van der Waals surface area contributed by atoms with Gasteiger partial charge in [-0.1, -0.05) is 0 Å². The highest BCUT2D eigenvalue weighted by molar-refractivity contribution is 5.47. The Bertz CT molecular complexity index is 341. The van der Waals surface area contributed by atoms with Crippen LogP contribution in [0.25, 0.3) is 0 Å². The molecule has 0 unspecified atom stereocenters. The molecular formula is C14H23NO3. The van der Waals surface area contributed by atoms with Crippen molar-refractivity contribution in [1.82, 2.24) is 0 Å². The number of aryl methyl sites for hydroxylation is 1. The van der Waals surface area contributed by atoms with E-state index in [0.717, 1.165) is 42.9 Å². The summed E-state index contributed by atoms with van der Waals surface area (Å²) in [5.41, 5.74) is 7.66.